The zero-order chi connectivity index (χ0) is 25.8. The van der Waals surface area contributed by atoms with Crippen LogP contribution < -0.4 is 0 Å². The molecule has 1 aliphatic heterocycles. The van der Waals surface area contributed by atoms with E-state index in [1.54, 1.807) is 0 Å². The van der Waals surface area contributed by atoms with Gasteiger partial charge < -0.3 is 0 Å². The highest BCUT2D eigenvalue weighted by atomic mass is 16.1. The lowest BCUT2D eigenvalue weighted by atomic mass is 9.85. The Hall–Kier alpha value is -3.26. The van der Waals surface area contributed by atoms with Crippen molar-refractivity contribution < 1.29 is 4.79 Å². The van der Waals surface area contributed by atoms with Crippen molar-refractivity contribution in [3.05, 3.63) is 101 Å². The van der Waals surface area contributed by atoms with E-state index < -0.39 is 0 Å². The smallest absolute Gasteiger partial charge is 0.162 e. The molecule has 0 spiro atoms. The summed E-state index contributed by atoms with van der Waals surface area (Å²) in [5.41, 5.74) is 11.2. The molecule has 1 saturated carbocycles. The minimum Gasteiger partial charge on any atom is -0.294 e. The van der Waals surface area contributed by atoms with Crippen LogP contribution in [0.15, 0.2) is 100 Å². The maximum atomic E-state index is 13.4. The molecule has 2 aromatic carbocycles. The van der Waals surface area contributed by atoms with Gasteiger partial charge in [0.2, 0.25) is 0 Å². The predicted octanol–water partition coefficient (Wildman–Crippen LogP) is 9.10. The molecule has 0 saturated heterocycles. The Kier molecular flexibility index (Phi) is 7.84. The number of carbonyl (C=O) groups is 1. The number of hydrogen-bond donors (Lipinski definition) is 0. The van der Waals surface area contributed by atoms with Crippen LogP contribution in [0.4, 0.5) is 0 Å². The van der Waals surface area contributed by atoms with Gasteiger partial charge in [0.25, 0.3) is 0 Å². The van der Waals surface area contributed by atoms with Gasteiger partial charge in [0, 0.05) is 23.8 Å². The number of rotatable bonds is 11. The number of hydrogen-bond acceptors (Lipinski definition) is 2. The van der Waals surface area contributed by atoms with Crippen LogP contribution in [-0.2, 0) is 4.79 Å². The van der Waals surface area contributed by atoms with Crippen LogP contribution in [0.5, 0.6) is 0 Å². The largest absolute Gasteiger partial charge is 0.294 e. The fourth-order valence-electron chi connectivity index (χ4n) is 5.92. The number of Topliss-reactive ketones (excluding diaryl/α,β-unsaturated/α-hetero) is 1. The van der Waals surface area contributed by atoms with Crippen LogP contribution in [0, 0.1) is 5.92 Å². The minimum atomic E-state index is 0.0191. The van der Waals surface area contributed by atoms with E-state index in [9.17, 15) is 4.79 Å². The molecule has 3 aliphatic rings. The molecule has 2 aromatic rings. The highest BCUT2D eigenvalue weighted by molar-refractivity contribution is 6.14. The topological polar surface area (TPSA) is 29.4 Å². The summed E-state index contributed by atoms with van der Waals surface area (Å²) in [6.07, 6.45) is 13.5. The molecule has 0 radical (unpaired) electrons. The summed E-state index contributed by atoms with van der Waals surface area (Å²) >= 11 is 0. The highest BCUT2D eigenvalue weighted by Gasteiger charge is 2.40. The van der Waals surface area contributed by atoms with E-state index in [1.807, 2.05) is 6.92 Å². The van der Waals surface area contributed by atoms with E-state index in [1.165, 1.54) is 57.4 Å². The van der Waals surface area contributed by atoms with Crippen LogP contribution in [0.3, 0.4) is 0 Å². The molecule has 1 unspecified atom stereocenters. The molecule has 5 rings (SSSR count). The highest BCUT2D eigenvalue weighted by Crippen LogP contribution is 2.49. The van der Waals surface area contributed by atoms with Crippen molar-refractivity contribution in [2.75, 3.05) is 0 Å². The van der Waals surface area contributed by atoms with Crippen molar-refractivity contribution in [2.24, 2.45) is 10.9 Å². The first kappa shape index (κ1) is 25.4. The zero-order valence-electron chi connectivity index (χ0n) is 22.4. The molecular formula is C35H39NO. The standard InChI is InChI=1S/C35H39NO/c1-4-10-24(3)11-9-14-28-21-22-30-31(27-17-15-26(16-18-27)25-12-7-6-8-13-25)23-36-35(30)34(29-19-20-29)33(28)32(37)5-2/h6-8,12-13,15-18,21,23,29,35H,3-5,9-11,14,19-20,22H2,1-2H3. The first-order chi connectivity index (χ1) is 18.1. The molecular weight excluding hydrogens is 450 g/mol. The minimum absolute atomic E-state index is 0.0191. The van der Waals surface area contributed by atoms with Gasteiger partial charge in [-0.05, 0) is 84.3 Å². The van der Waals surface area contributed by atoms with Crippen molar-refractivity contribution in [3.63, 3.8) is 0 Å². The van der Waals surface area contributed by atoms with Crippen molar-refractivity contribution in [1.29, 1.82) is 0 Å². The maximum Gasteiger partial charge on any atom is 0.162 e. The lowest BCUT2D eigenvalue weighted by Crippen LogP contribution is -2.17. The number of aliphatic imine (C=N–C) groups is 1. The second-order valence-corrected chi connectivity index (χ2v) is 10.7. The predicted molar refractivity (Wildman–Crippen MR) is 157 cm³/mol. The summed E-state index contributed by atoms with van der Waals surface area (Å²) in [5.74, 6) is 0.789. The first-order valence-electron chi connectivity index (χ1n) is 14.2. The van der Waals surface area contributed by atoms with Crippen molar-refractivity contribution in [3.8, 4) is 11.1 Å². The van der Waals surface area contributed by atoms with E-state index >= 15 is 0 Å². The second-order valence-electron chi connectivity index (χ2n) is 10.7. The molecule has 0 N–H and O–H groups in total. The monoisotopic (exact) mass is 489 g/mol. The number of nitrogens with zero attached hydrogens (tertiary/aromatic N) is 1. The zero-order valence-corrected chi connectivity index (χ0v) is 22.4. The van der Waals surface area contributed by atoms with Gasteiger partial charge in [0.1, 0.15) is 0 Å². The van der Waals surface area contributed by atoms with Gasteiger partial charge in [-0.3, -0.25) is 9.79 Å². The molecule has 190 valence electrons. The lowest BCUT2D eigenvalue weighted by molar-refractivity contribution is -0.115. The molecule has 2 aliphatic carbocycles. The molecule has 2 heteroatoms. The third kappa shape index (κ3) is 5.54. The summed E-state index contributed by atoms with van der Waals surface area (Å²) in [6, 6.07) is 19.4. The van der Waals surface area contributed by atoms with Crippen LogP contribution >= 0.6 is 0 Å². The molecule has 0 bridgehead atoms. The Bertz CT molecular complexity index is 1280. The van der Waals surface area contributed by atoms with Gasteiger partial charge in [0.15, 0.2) is 5.78 Å². The van der Waals surface area contributed by atoms with Crippen molar-refractivity contribution in [2.45, 2.75) is 77.7 Å². The third-order valence-electron chi connectivity index (χ3n) is 8.00. The molecule has 1 atom stereocenters. The number of allylic oxidation sites excluding steroid dienone is 5. The van der Waals surface area contributed by atoms with E-state index in [0.717, 1.165) is 44.1 Å². The Morgan fingerprint density at radius 1 is 0.946 bits per heavy atom. The second kappa shape index (κ2) is 11.4. The van der Waals surface area contributed by atoms with E-state index in [0.29, 0.717) is 12.3 Å². The van der Waals surface area contributed by atoms with Crippen LogP contribution in [0.2, 0.25) is 0 Å². The summed E-state index contributed by atoms with van der Waals surface area (Å²) in [4.78, 5) is 18.5. The molecule has 37 heavy (non-hydrogen) atoms. The summed E-state index contributed by atoms with van der Waals surface area (Å²) < 4.78 is 0. The van der Waals surface area contributed by atoms with Crippen LogP contribution in [0.1, 0.15) is 77.2 Å². The van der Waals surface area contributed by atoms with Crippen LogP contribution in [0.25, 0.3) is 16.7 Å². The molecule has 1 fully saturated rings. The Balaban J connectivity index is 1.49. The number of ketones is 1. The third-order valence-corrected chi connectivity index (χ3v) is 8.00. The normalized spacial score (nSPS) is 19.1. The van der Waals surface area contributed by atoms with Gasteiger partial charge in [-0.2, -0.15) is 0 Å². The van der Waals surface area contributed by atoms with Crippen molar-refractivity contribution >= 4 is 17.6 Å². The average molecular weight is 490 g/mol. The van der Waals surface area contributed by atoms with Gasteiger partial charge in [-0.15, -0.1) is 0 Å². The average Bonchev–Trinajstić information content (AvgIpc) is 3.71. The summed E-state index contributed by atoms with van der Waals surface area (Å²) in [6.45, 7) is 8.47. The molecule has 2 nitrogen and oxygen atoms in total. The molecule has 1 heterocycles. The van der Waals surface area contributed by atoms with E-state index in [2.05, 4.69) is 80.4 Å². The van der Waals surface area contributed by atoms with E-state index in [-0.39, 0.29) is 11.8 Å². The summed E-state index contributed by atoms with van der Waals surface area (Å²) in [5, 5.41) is 0. The SMILES string of the molecule is C=C(CCC)CCCC1=CCC2=C(c3ccc(-c4ccccc4)cc3)C=NC2C(C2CC2)=C1C(=O)CC. The van der Waals surface area contributed by atoms with Gasteiger partial charge in [-0.25, -0.2) is 0 Å². The van der Waals surface area contributed by atoms with Gasteiger partial charge in [0.05, 0.1) is 6.04 Å². The van der Waals surface area contributed by atoms with Crippen molar-refractivity contribution in [1.82, 2.24) is 0 Å². The maximum absolute atomic E-state index is 13.4. The molecule has 0 aromatic heterocycles. The van der Waals surface area contributed by atoms with E-state index in [4.69, 9.17) is 4.99 Å². The quantitative estimate of drug-likeness (QED) is 0.289. The number of benzene rings is 2. The Morgan fingerprint density at radius 3 is 2.32 bits per heavy atom. The Labute approximate surface area is 222 Å². The lowest BCUT2D eigenvalue weighted by Gasteiger charge is -2.20. The number of carbonyl (C=O) groups excluding carboxylic acids is 1. The van der Waals surface area contributed by atoms with Crippen LogP contribution in [-0.4, -0.2) is 18.0 Å². The van der Waals surface area contributed by atoms with Gasteiger partial charge in [-0.1, -0.05) is 93.1 Å². The fraction of sp³-hybridized carbons (Fsp3) is 0.371. The molecule has 0 amide bonds. The van der Waals surface area contributed by atoms with Gasteiger partial charge >= 0.3 is 0 Å². The summed E-state index contributed by atoms with van der Waals surface area (Å²) in [7, 11) is 0. The number of fused-ring (bicyclic) bond motifs is 1. The fourth-order valence-corrected chi connectivity index (χ4v) is 5.92. The Morgan fingerprint density at radius 2 is 1.65 bits per heavy atom. The first-order valence-corrected chi connectivity index (χ1v) is 14.2.